The third-order valence-electron chi connectivity index (χ3n) is 5.18. The Balaban J connectivity index is 0.00000432. The standard InChI is InChI=1S/C24H27ClN6O3.ClH/c1-30(2)29-22-14-31(15-23(32)28-20-6-4-5-16(9-20)12-26)24(33)18(13-27-22)10-17-11-19(25)7-8-21(17)34-3;/h4-9,11,18H,10,13-15H2,1-3H3,(H,27,29)(H,28,32);1H/t18-;/m1./s1. The van der Waals surface area contributed by atoms with Gasteiger partial charge in [0.15, 0.2) is 0 Å². The molecule has 1 aliphatic heterocycles. The maximum Gasteiger partial charge on any atom is 0.244 e. The predicted octanol–water partition coefficient (Wildman–Crippen LogP) is 2.75. The van der Waals surface area contributed by atoms with E-state index in [4.69, 9.17) is 21.6 Å². The van der Waals surface area contributed by atoms with E-state index in [2.05, 4.69) is 15.7 Å². The average molecular weight is 519 g/mol. The second-order valence-corrected chi connectivity index (χ2v) is 8.52. The number of ether oxygens (including phenoxy) is 1. The summed E-state index contributed by atoms with van der Waals surface area (Å²) in [4.78, 5) is 32.3. The summed E-state index contributed by atoms with van der Waals surface area (Å²) in [5.41, 5.74) is 4.83. The molecule has 35 heavy (non-hydrogen) atoms. The number of hydrazine groups is 1. The largest absolute Gasteiger partial charge is 0.496 e. The molecule has 1 heterocycles. The number of hydrogen-bond donors (Lipinski definition) is 2. The Hall–Kier alpha value is -3.32. The quantitative estimate of drug-likeness (QED) is 0.545. The molecule has 186 valence electrons. The maximum atomic E-state index is 13.5. The molecule has 2 aromatic rings. The van der Waals surface area contributed by atoms with Gasteiger partial charge in [-0.2, -0.15) is 5.26 Å². The zero-order chi connectivity index (χ0) is 24.7. The molecule has 0 aliphatic carbocycles. The van der Waals surface area contributed by atoms with Crippen LogP contribution >= 0.6 is 24.0 Å². The highest BCUT2D eigenvalue weighted by Gasteiger charge is 2.31. The monoisotopic (exact) mass is 518 g/mol. The molecule has 0 fully saturated rings. The minimum Gasteiger partial charge on any atom is -0.496 e. The summed E-state index contributed by atoms with van der Waals surface area (Å²) in [5.74, 6) is 0.163. The van der Waals surface area contributed by atoms with Gasteiger partial charge >= 0.3 is 0 Å². The number of amides is 2. The van der Waals surface area contributed by atoms with Gasteiger partial charge in [-0.1, -0.05) is 17.7 Å². The number of nitrogens with one attached hydrogen (secondary N) is 2. The van der Waals surface area contributed by atoms with Gasteiger partial charge in [0.05, 0.1) is 37.7 Å². The predicted molar refractivity (Wildman–Crippen MR) is 138 cm³/mol. The number of carbonyl (C=O) groups excluding carboxylic acids is 2. The number of aliphatic imine (C=N–C) groups is 1. The summed E-state index contributed by atoms with van der Waals surface area (Å²) in [6, 6.07) is 13.9. The van der Waals surface area contributed by atoms with Gasteiger partial charge in [0.1, 0.15) is 18.1 Å². The Kier molecular flexibility index (Phi) is 10.3. The molecule has 3 rings (SSSR count). The fourth-order valence-electron chi connectivity index (χ4n) is 3.69. The first-order valence-corrected chi connectivity index (χ1v) is 11.1. The number of benzene rings is 2. The van der Waals surface area contributed by atoms with Crippen LogP contribution < -0.4 is 15.5 Å². The molecule has 0 spiro atoms. The van der Waals surface area contributed by atoms with Crippen LogP contribution in [-0.2, 0) is 16.0 Å². The van der Waals surface area contributed by atoms with Crippen molar-refractivity contribution in [1.82, 2.24) is 15.3 Å². The second kappa shape index (κ2) is 13.0. The molecule has 0 aromatic heterocycles. The van der Waals surface area contributed by atoms with E-state index in [1.807, 2.05) is 20.2 Å². The molecule has 2 amide bonds. The molecule has 0 saturated carbocycles. The van der Waals surface area contributed by atoms with E-state index in [1.54, 1.807) is 54.6 Å². The van der Waals surface area contributed by atoms with Crippen molar-refractivity contribution >= 4 is 47.3 Å². The highest BCUT2D eigenvalue weighted by atomic mass is 35.5. The van der Waals surface area contributed by atoms with Crippen LogP contribution in [0.3, 0.4) is 0 Å². The summed E-state index contributed by atoms with van der Waals surface area (Å²) in [6.07, 6.45) is 0.365. The van der Waals surface area contributed by atoms with E-state index in [9.17, 15) is 9.59 Å². The van der Waals surface area contributed by atoms with Gasteiger partial charge < -0.3 is 20.4 Å². The average Bonchev–Trinajstić information content (AvgIpc) is 2.93. The summed E-state index contributed by atoms with van der Waals surface area (Å²) in [7, 11) is 5.21. The Morgan fingerprint density at radius 2 is 2.09 bits per heavy atom. The molecular weight excluding hydrogens is 491 g/mol. The van der Waals surface area contributed by atoms with Gasteiger partial charge in [-0.3, -0.25) is 14.6 Å². The lowest BCUT2D eigenvalue weighted by atomic mass is 9.97. The maximum absolute atomic E-state index is 13.5. The van der Waals surface area contributed by atoms with Crippen molar-refractivity contribution in [2.45, 2.75) is 6.42 Å². The molecule has 0 unspecified atom stereocenters. The van der Waals surface area contributed by atoms with E-state index in [0.717, 1.165) is 5.56 Å². The lowest BCUT2D eigenvalue weighted by molar-refractivity contribution is -0.137. The molecule has 9 nitrogen and oxygen atoms in total. The number of carbonyl (C=O) groups is 2. The van der Waals surface area contributed by atoms with E-state index in [1.165, 1.54) is 4.90 Å². The Morgan fingerprint density at radius 3 is 2.77 bits per heavy atom. The van der Waals surface area contributed by atoms with E-state index in [-0.39, 0.29) is 43.9 Å². The molecule has 0 bridgehead atoms. The van der Waals surface area contributed by atoms with Crippen LogP contribution in [0.25, 0.3) is 0 Å². The van der Waals surface area contributed by atoms with Gasteiger partial charge in [0, 0.05) is 24.8 Å². The highest BCUT2D eigenvalue weighted by Crippen LogP contribution is 2.26. The smallest absolute Gasteiger partial charge is 0.244 e. The number of rotatable bonds is 7. The molecule has 2 N–H and O–H groups in total. The van der Waals surface area contributed by atoms with Crippen LogP contribution in [0.15, 0.2) is 47.5 Å². The lowest BCUT2D eigenvalue weighted by Gasteiger charge is -2.25. The van der Waals surface area contributed by atoms with Gasteiger partial charge in [-0.15, -0.1) is 12.4 Å². The van der Waals surface area contributed by atoms with E-state index in [0.29, 0.717) is 34.3 Å². The number of nitriles is 1. The van der Waals surface area contributed by atoms with Crippen LogP contribution in [-0.4, -0.2) is 68.4 Å². The van der Waals surface area contributed by atoms with Crippen molar-refractivity contribution in [3.05, 3.63) is 58.6 Å². The minimum absolute atomic E-state index is 0. The zero-order valence-corrected chi connectivity index (χ0v) is 21.3. The van der Waals surface area contributed by atoms with Gasteiger partial charge in [0.25, 0.3) is 0 Å². The highest BCUT2D eigenvalue weighted by molar-refractivity contribution is 6.30. The van der Waals surface area contributed by atoms with Crippen LogP contribution in [0.2, 0.25) is 5.02 Å². The third-order valence-corrected chi connectivity index (χ3v) is 5.41. The summed E-state index contributed by atoms with van der Waals surface area (Å²) < 4.78 is 5.43. The number of methoxy groups -OCH3 is 1. The molecule has 1 aliphatic rings. The van der Waals surface area contributed by atoms with E-state index < -0.39 is 5.92 Å². The fourth-order valence-corrected chi connectivity index (χ4v) is 3.89. The Morgan fingerprint density at radius 1 is 1.31 bits per heavy atom. The SMILES string of the molecule is COc1ccc(Cl)cc1C[C@@H]1CN=C(NN(C)C)CN(CC(=O)Nc2cccc(C#N)c2)C1=O.Cl. The topological polar surface area (TPSA) is 110 Å². The first-order chi connectivity index (χ1) is 16.3. The van der Waals surface area contributed by atoms with Gasteiger partial charge in [0.2, 0.25) is 11.8 Å². The van der Waals surface area contributed by atoms with Gasteiger partial charge in [-0.25, -0.2) is 5.01 Å². The van der Waals surface area contributed by atoms with Crippen LogP contribution in [0.1, 0.15) is 11.1 Å². The van der Waals surface area contributed by atoms with Crippen LogP contribution in [0.5, 0.6) is 5.75 Å². The summed E-state index contributed by atoms with van der Waals surface area (Å²) >= 11 is 6.17. The fraction of sp³-hybridized carbons (Fsp3) is 0.333. The summed E-state index contributed by atoms with van der Waals surface area (Å²) in [5, 5.41) is 14.1. The molecule has 0 radical (unpaired) electrons. The molecule has 1 atom stereocenters. The number of nitrogens with zero attached hydrogens (tertiary/aromatic N) is 4. The van der Waals surface area contributed by atoms with Crippen molar-refractivity contribution in [3.8, 4) is 11.8 Å². The van der Waals surface area contributed by atoms with Crippen molar-refractivity contribution in [1.29, 1.82) is 5.26 Å². The number of amidine groups is 1. The molecule has 11 heteroatoms. The van der Waals surface area contributed by atoms with Crippen LogP contribution in [0.4, 0.5) is 5.69 Å². The Bertz CT molecular complexity index is 1130. The van der Waals surface area contributed by atoms with Crippen molar-refractivity contribution in [2.24, 2.45) is 10.9 Å². The van der Waals surface area contributed by atoms with Gasteiger partial charge in [-0.05, 0) is 48.4 Å². The zero-order valence-electron chi connectivity index (χ0n) is 19.7. The third kappa shape index (κ3) is 7.86. The normalized spacial score (nSPS) is 15.4. The molecule has 0 saturated heterocycles. The lowest BCUT2D eigenvalue weighted by Crippen LogP contribution is -2.47. The first kappa shape index (κ1) is 27.9. The summed E-state index contributed by atoms with van der Waals surface area (Å²) in [6.45, 7) is 0.256. The number of hydrogen-bond acceptors (Lipinski definition) is 7. The van der Waals surface area contributed by atoms with Crippen LogP contribution in [0, 0.1) is 17.2 Å². The number of anilines is 1. The van der Waals surface area contributed by atoms with Crippen molar-refractivity contribution in [2.75, 3.05) is 46.2 Å². The Labute approximate surface area is 216 Å². The minimum atomic E-state index is -0.497. The van der Waals surface area contributed by atoms with Crippen molar-refractivity contribution in [3.63, 3.8) is 0 Å². The molecule has 2 aromatic carbocycles. The first-order valence-electron chi connectivity index (χ1n) is 10.7. The van der Waals surface area contributed by atoms with E-state index >= 15 is 0 Å². The van der Waals surface area contributed by atoms with Crippen molar-refractivity contribution < 1.29 is 14.3 Å². The number of halogens is 2. The second-order valence-electron chi connectivity index (χ2n) is 8.09. The molecular formula is C24H28Cl2N6O3.